The molecule has 2 aromatic carbocycles. The van der Waals surface area contributed by atoms with Crippen LogP contribution in [-0.2, 0) is 6.42 Å². The predicted octanol–water partition coefficient (Wildman–Crippen LogP) is 4.63. The Hall–Kier alpha value is -1.60. The van der Waals surface area contributed by atoms with Gasteiger partial charge in [0.2, 0.25) is 0 Å². The smallest absolute Gasteiger partial charge is 0.0297 e. The number of nitrogens with two attached hydrogens (primary N) is 1. The van der Waals surface area contributed by atoms with Gasteiger partial charge in [0, 0.05) is 6.04 Å². The van der Waals surface area contributed by atoms with Crippen LogP contribution in [-0.4, -0.2) is 0 Å². The van der Waals surface area contributed by atoms with Crippen molar-refractivity contribution in [1.29, 1.82) is 0 Å². The van der Waals surface area contributed by atoms with Crippen LogP contribution in [0.3, 0.4) is 0 Å². The number of hydrogen-bond acceptors (Lipinski definition) is 1. The fraction of sp³-hybridized carbons (Fsp3) is 0.368. The van der Waals surface area contributed by atoms with E-state index in [2.05, 4.69) is 63.2 Å². The molecule has 0 heterocycles. The topological polar surface area (TPSA) is 26.0 Å². The second-order valence-corrected chi connectivity index (χ2v) is 5.78. The van der Waals surface area contributed by atoms with E-state index in [1.54, 1.807) is 0 Å². The van der Waals surface area contributed by atoms with Crippen LogP contribution >= 0.6 is 0 Å². The minimum absolute atomic E-state index is 0.151. The lowest BCUT2D eigenvalue weighted by Crippen LogP contribution is -2.12. The van der Waals surface area contributed by atoms with Gasteiger partial charge in [0.25, 0.3) is 0 Å². The SMILES string of the molecule is Cc1cc(C)c(C(N)CCCc2ccccc2)cc1C. The summed E-state index contributed by atoms with van der Waals surface area (Å²) in [6.45, 7) is 6.49. The summed E-state index contributed by atoms with van der Waals surface area (Å²) in [4.78, 5) is 0. The molecule has 0 aliphatic rings. The molecule has 0 fully saturated rings. The molecule has 2 N–H and O–H groups in total. The van der Waals surface area contributed by atoms with Crippen LogP contribution in [0.1, 0.15) is 46.7 Å². The normalized spacial score (nSPS) is 12.4. The first kappa shape index (κ1) is 14.8. The zero-order chi connectivity index (χ0) is 14.5. The van der Waals surface area contributed by atoms with Gasteiger partial charge in [0.1, 0.15) is 0 Å². The summed E-state index contributed by atoms with van der Waals surface area (Å²) in [5, 5.41) is 0. The maximum absolute atomic E-state index is 6.38. The van der Waals surface area contributed by atoms with E-state index in [-0.39, 0.29) is 6.04 Å². The molecule has 2 rings (SSSR count). The second kappa shape index (κ2) is 6.71. The Bertz CT molecular complexity index is 557. The summed E-state index contributed by atoms with van der Waals surface area (Å²) < 4.78 is 0. The largest absolute Gasteiger partial charge is 0.324 e. The molecule has 0 radical (unpaired) electrons. The molecule has 1 heteroatoms. The van der Waals surface area contributed by atoms with Gasteiger partial charge in [-0.25, -0.2) is 0 Å². The van der Waals surface area contributed by atoms with Crippen molar-refractivity contribution in [2.45, 2.75) is 46.1 Å². The molecule has 0 saturated heterocycles. The van der Waals surface area contributed by atoms with E-state index in [0.717, 1.165) is 19.3 Å². The molecule has 2 aromatic rings. The van der Waals surface area contributed by atoms with E-state index in [0.29, 0.717) is 0 Å². The van der Waals surface area contributed by atoms with Gasteiger partial charge >= 0.3 is 0 Å². The summed E-state index contributed by atoms with van der Waals surface area (Å²) in [6, 6.07) is 15.3. The molecule has 0 aromatic heterocycles. The van der Waals surface area contributed by atoms with Gasteiger partial charge in [-0.05, 0) is 67.9 Å². The molecular formula is C19H25N. The highest BCUT2D eigenvalue weighted by atomic mass is 14.6. The number of aryl methyl sites for hydroxylation is 4. The zero-order valence-electron chi connectivity index (χ0n) is 12.8. The van der Waals surface area contributed by atoms with Crippen molar-refractivity contribution in [1.82, 2.24) is 0 Å². The van der Waals surface area contributed by atoms with Crippen molar-refractivity contribution in [2.75, 3.05) is 0 Å². The first-order valence-corrected chi connectivity index (χ1v) is 7.45. The average molecular weight is 267 g/mol. The molecule has 0 bridgehead atoms. The standard InChI is InChI=1S/C19H25N/c1-14-12-16(3)18(13-15(14)2)19(20)11-7-10-17-8-5-4-6-9-17/h4-6,8-9,12-13,19H,7,10-11,20H2,1-3H3. The molecule has 0 spiro atoms. The monoisotopic (exact) mass is 267 g/mol. The third-order valence-electron chi connectivity index (χ3n) is 4.11. The van der Waals surface area contributed by atoms with Crippen LogP contribution in [0.4, 0.5) is 0 Å². The summed E-state index contributed by atoms with van der Waals surface area (Å²) >= 11 is 0. The summed E-state index contributed by atoms with van der Waals surface area (Å²) in [5.41, 5.74) is 13.1. The number of benzene rings is 2. The van der Waals surface area contributed by atoms with Gasteiger partial charge in [0.15, 0.2) is 0 Å². The Kier molecular flexibility index (Phi) is 4.97. The average Bonchev–Trinajstić information content (AvgIpc) is 2.44. The van der Waals surface area contributed by atoms with Crippen LogP contribution in [0, 0.1) is 20.8 Å². The zero-order valence-corrected chi connectivity index (χ0v) is 12.8. The van der Waals surface area contributed by atoms with Crippen molar-refractivity contribution in [3.63, 3.8) is 0 Å². The third-order valence-corrected chi connectivity index (χ3v) is 4.11. The van der Waals surface area contributed by atoms with E-state index in [9.17, 15) is 0 Å². The Morgan fingerprint density at radius 2 is 1.55 bits per heavy atom. The van der Waals surface area contributed by atoms with E-state index < -0.39 is 0 Å². The van der Waals surface area contributed by atoms with E-state index >= 15 is 0 Å². The van der Waals surface area contributed by atoms with Gasteiger partial charge < -0.3 is 5.73 Å². The lowest BCUT2D eigenvalue weighted by Gasteiger charge is -2.17. The second-order valence-electron chi connectivity index (χ2n) is 5.78. The van der Waals surface area contributed by atoms with Crippen molar-refractivity contribution in [3.8, 4) is 0 Å². The number of rotatable bonds is 5. The highest BCUT2D eigenvalue weighted by Crippen LogP contribution is 2.24. The maximum Gasteiger partial charge on any atom is 0.0297 e. The van der Waals surface area contributed by atoms with E-state index in [1.807, 2.05) is 0 Å². The maximum atomic E-state index is 6.38. The van der Waals surface area contributed by atoms with Gasteiger partial charge in [-0.1, -0.05) is 42.5 Å². The summed E-state index contributed by atoms with van der Waals surface area (Å²) in [6.07, 6.45) is 3.29. The van der Waals surface area contributed by atoms with Crippen LogP contribution in [0.5, 0.6) is 0 Å². The van der Waals surface area contributed by atoms with Crippen molar-refractivity contribution in [2.24, 2.45) is 5.73 Å². The van der Waals surface area contributed by atoms with Gasteiger partial charge in [-0.2, -0.15) is 0 Å². The number of hydrogen-bond donors (Lipinski definition) is 1. The van der Waals surface area contributed by atoms with E-state index in [4.69, 9.17) is 5.73 Å². The minimum Gasteiger partial charge on any atom is -0.324 e. The van der Waals surface area contributed by atoms with Crippen molar-refractivity contribution < 1.29 is 0 Å². The molecule has 0 amide bonds. The van der Waals surface area contributed by atoms with E-state index in [1.165, 1.54) is 27.8 Å². The lowest BCUT2D eigenvalue weighted by molar-refractivity contribution is 0.608. The first-order chi connectivity index (χ1) is 9.58. The molecule has 106 valence electrons. The van der Waals surface area contributed by atoms with Crippen LogP contribution in [0.25, 0.3) is 0 Å². The molecular weight excluding hydrogens is 242 g/mol. The van der Waals surface area contributed by atoms with Gasteiger partial charge in [-0.15, -0.1) is 0 Å². The molecule has 0 aliphatic heterocycles. The summed E-state index contributed by atoms with van der Waals surface area (Å²) in [5.74, 6) is 0. The molecule has 1 nitrogen and oxygen atoms in total. The fourth-order valence-electron chi connectivity index (χ4n) is 2.71. The third kappa shape index (κ3) is 3.71. The van der Waals surface area contributed by atoms with Crippen LogP contribution in [0.15, 0.2) is 42.5 Å². The fourth-order valence-corrected chi connectivity index (χ4v) is 2.71. The van der Waals surface area contributed by atoms with Gasteiger partial charge in [0.05, 0.1) is 0 Å². The highest BCUT2D eigenvalue weighted by Gasteiger charge is 2.10. The molecule has 20 heavy (non-hydrogen) atoms. The molecule has 1 unspecified atom stereocenters. The molecule has 1 atom stereocenters. The Morgan fingerprint density at radius 1 is 0.900 bits per heavy atom. The lowest BCUT2D eigenvalue weighted by atomic mass is 9.93. The minimum atomic E-state index is 0.151. The Balaban J connectivity index is 1.95. The summed E-state index contributed by atoms with van der Waals surface area (Å²) in [7, 11) is 0. The van der Waals surface area contributed by atoms with Crippen LogP contribution < -0.4 is 5.73 Å². The predicted molar refractivity (Wildman–Crippen MR) is 87.0 cm³/mol. The Morgan fingerprint density at radius 3 is 2.25 bits per heavy atom. The Labute approximate surface area is 122 Å². The molecule has 0 aliphatic carbocycles. The molecule has 0 saturated carbocycles. The quantitative estimate of drug-likeness (QED) is 0.839. The van der Waals surface area contributed by atoms with Crippen molar-refractivity contribution >= 4 is 0 Å². The van der Waals surface area contributed by atoms with Crippen molar-refractivity contribution in [3.05, 3.63) is 70.3 Å². The first-order valence-electron chi connectivity index (χ1n) is 7.45. The highest BCUT2D eigenvalue weighted by molar-refractivity contribution is 5.38. The van der Waals surface area contributed by atoms with Crippen LogP contribution in [0.2, 0.25) is 0 Å². The van der Waals surface area contributed by atoms with Gasteiger partial charge in [-0.3, -0.25) is 0 Å².